The van der Waals surface area contributed by atoms with Gasteiger partial charge in [-0.15, -0.1) is 0 Å². The predicted octanol–water partition coefficient (Wildman–Crippen LogP) is 1.63. The maximum atomic E-state index is 5.23. The van der Waals surface area contributed by atoms with Crippen molar-refractivity contribution in [3.63, 3.8) is 0 Å². The average molecular weight is 278 g/mol. The molecule has 0 bridgehead atoms. The van der Waals surface area contributed by atoms with Crippen molar-refractivity contribution in [2.75, 3.05) is 38.3 Å². The van der Waals surface area contributed by atoms with Gasteiger partial charge in [0.15, 0.2) is 0 Å². The molecule has 1 atom stereocenters. The van der Waals surface area contributed by atoms with Crippen LogP contribution in [-0.4, -0.2) is 49.4 Å². The molecule has 112 valence electrons. The second-order valence-corrected chi connectivity index (χ2v) is 5.35. The number of anilines is 1. The topological polar surface area (TPSA) is 50.3 Å². The van der Waals surface area contributed by atoms with E-state index in [4.69, 9.17) is 4.74 Å². The van der Waals surface area contributed by atoms with E-state index in [1.807, 2.05) is 0 Å². The highest BCUT2D eigenvalue weighted by Crippen LogP contribution is 2.15. The molecule has 0 aromatic carbocycles. The average Bonchev–Trinajstić information content (AvgIpc) is 2.97. The molecule has 1 aromatic rings. The fraction of sp³-hybridized carbons (Fsp3) is 0.733. The molecule has 1 saturated heterocycles. The van der Waals surface area contributed by atoms with Crippen LogP contribution in [0.25, 0.3) is 0 Å². The summed E-state index contributed by atoms with van der Waals surface area (Å²) in [6, 6.07) is 2.69. The lowest BCUT2D eigenvalue weighted by atomic mass is 10.2. The zero-order valence-corrected chi connectivity index (χ0v) is 12.6. The molecular weight excluding hydrogens is 252 g/mol. The maximum absolute atomic E-state index is 5.23. The van der Waals surface area contributed by atoms with Crippen LogP contribution in [0.1, 0.15) is 31.9 Å². The molecule has 1 aliphatic heterocycles. The Kier molecular flexibility index (Phi) is 6.21. The molecule has 0 spiro atoms. The van der Waals surface area contributed by atoms with Crippen molar-refractivity contribution < 1.29 is 4.74 Å². The van der Waals surface area contributed by atoms with E-state index in [9.17, 15) is 0 Å². The van der Waals surface area contributed by atoms with Crippen LogP contribution < -0.4 is 10.2 Å². The maximum Gasteiger partial charge on any atom is 0.132 e. The van der Waals surface area contributed by atoms with Gasteiger partial charge in [0, 0.05) is 38.0 Å². The van der Waals surface area contributed by atoms with Crippen molar-refractivity contribution in [1.29, 1.82) is 0 Å². The third-order valence-electron chi connectivity index (χ3n) is 3.71. The largest absolute Gasteiger partial charge is 0.383 e. The Hall–Kier alpha value is -1.20. The van der Waals surface area contributed by atoms with Gasteiger partial charge in [-0.25, -0.2) is 9.97 Å². The van der Waals surface area contributed by atoms with E-state index in [0.717, 1.165) is 50.6 Å². The predicted molar refractivity (Wildman–Crippen MR) is 81.1 cm³/mol. The Morgan fingerprint density at radius 1 is 1.45 bits per heavy atom. The van der Waals surface area contributed by atoms with Gasteiger partial charge in [-0.2, -0.15) is 0 Å². The lowest BCUT2D eigenvalue weighted by Gasteiger charge is -2.26. The first-order valence-electron chi connectivity index (χ1n) is 7.61. The van der Waals surface area contributed by atoms with E-state index in [1.54, 1.807) is 13.4 Å². The standard InChI is InChI=1S/C15H26N4O/c1-3-5-13-10-15(18-12-17-13)19(8-9-20-2)11-14-6-4-7-16-14/h10,12,14,16H,3-9,11H2,1-2H3. The number of ether oxygens (including phenoxy) is 1. The van der Waals surface area contributed by atoms with Gasteiger partial charge in [0.05, 0.1) is 6.61 Å². The van der Waals surface area contributed by atoms with Gasteiger partial charge in [-0.3, -0.25) is 0 Å². The number of nitrogens with zero attached hydrogens (tertiary/aromatic N) is 3. The van der Waals surface area contributed by atoms with Crippen LogP contribution in [0.15, 0.2) is 12.4 Å². The molecule has 0 amide bonds. The number of nitrogens with one attached hydrogen (secondary N) is 1. The Labute approximate surface area is 121 Å². The first-order chi connectivity index (χ1) is 9.83. The third-order valence-corrected chi connectivity index (χ3v) is 3.71. The summed E-state index contributed by atoms with van der Waals surface area (Å²) in [5, 5.41) is 3.55. The zero-order chi connectivity index (χ0) is 14.2. The van der Waals surface area contributed by atoms with Gasteiger partial charge >= 0.3 is 0 Å². The molecule has 1 unspecified atom stereocenters. The van der Waals surface area contributed by atoms with Crippen molar-refractivity contribution in [1.82, 2.24) is 15.3 Å². The number of methoxy groups -OCH3 is 1. The molecule has 2 rings (SSSR count). The lowest BCUT2D eigenvalue weighted by molar-refractivity contribution is 0.204. The van der Waals surface area contributed by atoms with E-state index in [-0.39, 0.29) is 0 Å². The lowest BCUT2D eigenvalue weighted by Crippen LogP contribution is -2.39. The van der Waals surface area contributed by atoms with Crippen LogP contribution in [0.3, 0.4) is 0 Å². The molecule has 0 radical (unpaired) electrons. The normalized spacial score (nSPS) is 18.4. The van der Waals surface area contributed by atoms with Crippen LogP contribution in [0, 0.1) is 0 Å². The highest BCUT2D eigenvalue weighted by Gasteiger charge is 2.19. The molecule has 1 aliphatic rings. The van der Waals surface area contributed by atoms with Gasteiger partial charge in [0.25, 0.3) is 0 Å². The Bertz CT molecular complexity index is 393. The zero-order valence-electron chi connectivity index (χ0n) is 12.6. The van der Waals surface area contributed by atoms with E-state index >= 15 is 0 Å². The Balaban J connectivity index is 2.05. The summed E-state index contributed by atoms with van der Waals surface area (Å²) in [6.07, 6.45) is 6.32. The van der Waals surface area contributed by atoms with Crippen molar-refractivity contribution in [2.24, 2.45) is 0 Å². The van der Waals surface area contributed by atoms with Gasteiger partial charge in [0.1, 0.15) is 12.1 Å². The molecule has 5 nitrogen and oxygen atoms in total. The van der Waals surface area contributed by atoms with Crippen molar-refractivity contribution in [2.45, 2.75) is 38.6 Å². The molecule has 1 fully saturated rings. The van der Waals surface area contributed by atoms with Crippen LogP contribution in [0.4, 0.5) is 5.82 Å². The number of hydrogen-bond donors (Lipinski definition) is 1. The molecule has 1 aromatic heterocycles. The van der Waals surface area contributed by atoms with Gasteiger partial charge < -0.3 is 15.0 Å². The summed E-state index contributed by atoms with van der Waals surface area (Å²) in [6.45, 7) is 5.89. The van der Waals surface area contributed by atoms with Crippen molar-refractivity contribution in [3.8, 4) is 0 Å². The minimum atomic E-state index is 0.566. The second kappa shape index (κ2) is 8.17. The molecule has 1 N–H and O–H groups in total. The number of rotatable bonds is 8. The first kappa shape index (κ1) is 15.2. The molecule has 5 heteroatoms. The fourth-order valence-corrected chi connectivity index (χ4v) is 2.63. The summed E-state index contributed by atoms with van der Waals surface area (Å²) >= 11 is 0. The SMILES string of the molecule is CCCc1cc(N(CCOC)CC2CCCN2)ncn1. The number of aromatic nitrogens is 2. The number of aryl methyl sites for hydroxylation is 1. The molecule has 20 heavy (non-hydrogen) atoms. The van der Waals surface area contributed by atoms with Crippen LogP contribution in [-0.2, 0) is 11.2 Å². The smallest absolute Gasteiger partial charge is 0.132 e. The van der Waals surface area contributed by atoms with E-state index in [1.165, 1.54) is 12.8 Å². The van der Waals surface area contributed by atoms with E-state index in [0.29, 0.717) is 6.04 Å². The molecular formula is C15H26N4O. The fourth-order valence-electron chi connectivity index (χ4n) is 2.63. The highest BCUT2D eigenvalue weighted by molar-refractivity contribution is 5.39. The summed E-state index contributed by atoms with van der Waals surface area (Å²) < 4.78 is 5.23. The number of hydrogen-bond acceptors (Lipinski definition) is 5. The van der Waals surface area contributed by atoms with Crippen LogP contribution >= 0.6 is 0 Å². The summed E-state index contributed by atoms with van der Waals surface area (Å²) in [5.41, 5.74) is 1.12. The summed E-state index contributed by atoms with van der Waals surface area (Å²) in [7, 11) is 1.74. The minimum absolute atomic E-state index is 0.566. The molecule has 2 heterocycles. The van der Waals surface area contributed by atoms with Gasteiger partial charge in [0.2, 0.25) is 0 Å². The van der Waals surface area contributed by atoms with E-state index in [2.05, 4.69) is 33.2 Å². The summed E-state index contributed by atoms with van der Waals surface area (Å²) in [4.78, 5) is 11.1. The van der Waals surface area contributed by atoms with Crippen LogP contribution in [0.5, 0.6) is 0 Å². The first-order valence-corrected chi connectivity index (χ1v) is 7.61. The van der Waals surface area contributed by atoms with Crippen molar-refractivity contribution >= 4 is 5.82 Å². The highest BCUT2D eigenvalue weighted by atomic mass is 16.5. The molecule has 0 aliphatic carbocycles. The monoisotopic (exact) mass is 278 g/mol. The van der Waals surface area contributed by atoms with Crippen molar-refractivity contribution in [3.05, 3.63) is 18.1 Å². The quantitative estimate of drug-likeness (QED) is 0.783. The third kappa shape index (κ3) is 4.42. The Morgan fingerprint density at radius 3 is 3.05 bits per heavy atom. The van der Waals surface area contributed by atoms with Crippen LogP contribution in [0.2, 0.25) is 0 Å². The summed E-state index contributed by atoms with van der Waals surface area (Å²) in [5.74, 6) is 1.02. The minimum Gasteiger partial charge on any atom is -0.383 e. The molecule has 0 saturated carbocycles. The van der Waals surface area contributed by atoms with Gasteiger partial charge in [-0.05, 0) is 25.8 Å². The van der Waals surface area contributed by atoms with Gasteiger partial charge in [-0.1, -0.05) is 13.3 Å². The second-order valence-electron chi connectivity index (χ2n) is 5.35. The Morgan fingerprint density at radius 2 is 2.35 bits per heavy atom. The van der Waals surface area contributed by atoms with E-state index < -0.39 is 0 Å².